The Labute approximate surface area is 112 Å². The van der Waals surface area contributed by atoms with Gasteiger partial charge in [0, 0.05) is 11.8 Å². The van der Waals surface area contributed by atoms with E-state index in [0.29, 0.717) is 10.7 Å². The molecule has 0 amide bonds. The lowest BCUT2D eigenvalue weighted by Gasteiger charge is -2.15. The summed E-state index contributed by atoms with van der Waals surface area (Å²) in [7, 11) is 1.71. The van der Waals surface area contributed by atoms with Crippen molar-refractivity contribution in [3.63, 3.8) is 0 Å². The molecule has 18 heavy (non-hydrogen) atoms. The Balaban J connectivity index is 2.61. The van der Waals surface area contributed by atoms with E-state index in [-0.39, 0.29) is 0 Å². The molecule has 0 atom stereocenters. The van der Waals surface area contributed by atoms with E-state index < -0.39 is 0 Å². The predicted molar refractivity (Wildman–Crippen MR) is 76.8 cm³/mol. The minimum Gasteiger partial charge on any atom is -0.496 e. The highest BCUT2D eigenvalue weighted by Gasteiger charge is 2.12. The van der Waals surface area contributed by atoms with Gasteiger partial charge in [-0.05, 0) is 48.3 Å². The summed E-state index contributed by atoms with van der Waals surface area (Å²) in [6, 6.07) is 4.25. The van der Waals surface area contributed by atoms with Crippen molar-refractivity contribution in [1.82, 2.24) is 9.97 Å². The third-order valence-corrected chi connectivity index (χ3v) is 3.30. The van der Waals surface area contributed by atoms with Crippen molar-refractivity contribution in [3.05, 3.63) is 34.2 Å². The van der Waals surface area contributed by atoms with Crippen molar-refractivity contribution in [3.8, 4) is 17.0 Å². The maximum Gasteiger partial charge on any atom is 0.174 e. The van der Waals surface area contributed by atoms with E-state index in [9.17, 15) is 0 Å². The normalized spacial score (nSPS) is 10.9. The van der Waals surface area contributed by atoms with Crippen molar-refractivity contribution in [2.24, 2.45) is 0 Å². The van der Waals surface area contributed by atoms with E-state index in [0.717, 1.165) is 17.0 Å². The van der Waals surface area contributed by atoms with Crippen molar-refractivity contribution < 1.29 is 4.74 Å². The summed E-state index contributed by atoms with van der Waals surface area (Å²) < 4.78 is 6.09. The second-order valence-corrected chi connectivity index (χ2v) is 5.13. The van der Waals surface area contributed by atoms with Crippen LogP contribution >= 0.6 is 12.2 Å². The van der Waals surface area contributed by atoms with Crippen molar-refractivity contribution >= 4 is 12.2 Å². The lowest BCUT2D eigenvalue weighted by Crippen LogP contribution is -1.97. The van der Waals surface area contributed by atoms with Crippen LogP contribution in [0.15, 0.2) is 18.3 Å². The van der Waals surface area contributed by atoms with Crippen LogP contribution in [-0.2, 0) is 0 Å². The van der Waals surface area contributed by atoms with Crippen LogP contribution in [0.2, 0.25) is 0 Å². The van der Waals surface area contributed by atoms with Gasteiger partial charge in [-0.25, -0.2) is 0 Å². The minimum absolute atomic E-state index is 0.418. The van der Waals surface area contributed by atoms with Gasteiger partial charge in [-0.15, -0.1) is 0 Å². The van der Waals surface area contributed by atoms with Crippen LogP contribution in [0.25, 0.3) is 11.3 Å². The fraction of sp³-hybridized carbons (Fsp3) is 0.357. The Kier molecular flexibility index (Phi) is 3.57. The number of H-pyrrole nitrogens is 2. The molecule has 0 aliphatic heterocycles. The molecule has 2 N–H and O–H groups in total. The van der Waals surface area contributed by atoms with E-state index in [1.807, 2.05) is 6.20 Å². The Hall–Kier alpha value is -1.55. The largest absolute Gasteiger partial charge is 0.496 e. The quantitative estimate of drug-likeness (QED) is 0.815. The number of nitrogens with one attached hydrogen (secondary N) is 2. The summed E-state index contributed by atoms with van der Waals surface area (Å²) >= 11 is 5.07. The van der Waals surface area contributed by atoms with Gasteiger partial charge in [-0.2, -0.15) is 0 Å². The van der Waals surface area contributed by atoms with Gasteiger partial charge in [0.2, 0.25) is 0 Å². The maximum atomic E-state index is 5.44. The summed E-state index contributed by atoms with van der Waals surface area (Å²) in [6.07, 6.45) is 1.90. The highest BCUT2D eigenvalue weighted by Crippen LogP contribution is 2.33. The summed E-state index contributed by atoms with van der Waals surface area (Å²) in [5.74, 6) is 1.36. The smallest absolute Gasteiger partial charge is 0.174 e. The summed E-state index contributed by atoms with van der Waals surface area (Å²) in [5.41, 5.74) is 4.55. The zero-order valence-corrected chi connectivity index (χ0v) is 11.9. The zero-order chi connectivity index (χ0) is 13.3. The van der Waals surface area contributed by atoms with Gasteiger partial charge in [0.15, 0.2) is 4.77 Å². The molecule has 2 rings (SSSR count). The molecule has 2 aromatic rings. The Morgan fingerprint density at radius 1 is 1.28 bits per heavy atom. The fourth-order valence-electron chi connectivity index (χ4n) is 2.09. The van der Waals surface area contributed by atoms with Gasteiger partial charge in [0.1, 0.15) is 5.75 Å². The molecule has 0 bridgehead atoms. The lowest BCUT2D eigenvalue weighted by molar-refractivity contribution is 0.407. The Morgan fingerprint density at radius 3 is 2.50 bits per heavy atom. The van der Waals surface area contributed by atoms with Gasteiger partial charge in [-0.3, -0.25) is 0 Å². The Bertz CT molecular complexity index is 610. The molecule has 0 aliphatic rings. The minimum atomic E-state index is 0.418. The van der Waals surface area contributed by atoms with Gasteiger partial charge in [0.25, 0.3) is 0 Å². The first kappa shape index (κ1) is 12.9. The van der Waals surface area contributed by atoms with Crippen LogP contribution in [0.4, 0.5) is 0 Å². The van der Waals surface area contributed by atoms with Crippen molar-refractivity contribution in [2.75, 3.05) is 7.11 Å². The van der Waals surface area contributed by atoms with Gasteiger partial charge in [0.05, 0.1) is 12.8 Å². The van der Waals surface area contributed by atoms with E-state index in [2.05, 4.69) is 42.9 Å². The molecular weight excluding hydrogens is 244 g/mol. The number of imidazole rings is 1. The van der Waals surface area contributed by atoms with Crippen molar-refractivity contribution in [2.45, 2.75) is 26.7 Å². The molecule has 0 radical (unpaired) electrons. The van der Waals surface area contributed by atoms with Crippen LogP contribution in [-0.4, -0.2) is 17.1 Å². The number of aryl methyl sites for hydroxylation is 1. The van der Waals surface area contributed by atoms with Gasteiger partial charge < -0.3 is 14.7 Å². The Morgan fingerprint density at radius 2 is 2.00 bits per heavy atom. The van der Waals surface area contributed by atoms with Crippen LogP contribution in [0.1, 0.15) is 30.9 Å². The third kappa shape index (κ3) is 2.34. The van der Waals surface area contributed by atoms with E-state index in [4.69, 9.17) is 17.0 Å². The number of methoxy groups -OCH3 is 1. The number of benzene rings is 1. The van der Waals surface area contributed by atoms with Crippen LogP contribution in [0.3, 0.4) is 0 Å². The standard InChI is InChI=1S/C14H18N2OS/c1-8(2)10-6-11(9(3)5-13(10)17-4)12-7-15-14(18)16-12/h5-8H,1-4H3,(H2,15,16,18). The number of ether oxygens (including phenoxy) is 1. The molecule has 4 heteroatoms. The molecule has 0 fully saturated rings. The average molecular weight is 262 g/mol. The molecule has 0 aliphatic carbocycles. The first-order chi connectivity index (χ1) is 8.52. The second kappa shape index (κ2) is 4.98. The number of hydrogen-bond acceptors (Lipinski definition) is 2. The molecule has 0 saturated carbocycles. The first-order valence-electron chi connectivity index (χ1n) is 5.99. The van der Waals surface area contributed by atoms with Crippen molar-refractivity contribution in [1.29, 1.82) is 0 Å². The first-order valence-corrected chi connectivity index (χ1v) is 6.40. The fourth-order valence-corrected chi connectivity index (χ4v) is 2.26. The second-order valence-electron chi connectivity index (χ2n) is 4.72. The molecule has 0 unspecified atom stereocenters. The van der Waals surface area contributed by atoms with E-state index >= 15 is 0 Å². The zero-order valence-electron chi connectivity index (χ0n) is 11.1. The van der Waals surface area contributed by atoms with Crippen LogP contribution < -0.4 is 4.74 Å². The molecular formula is C14H18N2OS. The molecule has 3 nitrogen and oxygen atoms in total. The maximum absolute atomic E-state index is 5.44. The molecule has 96 valence electrons. The highest BCUT2D eigenvalue weighted by atomic mass is 32.1. The molecule has 1 heterocycles. The lowest BCUT2D eigenvalue weighted by atomic mass is 9.95. The monoisotopic (exact) mass is 262 g/mol. The van der Waals surface area contributed by atoms with Crippen LogP contribution in [0, 0.1) is 11.7 Å². The summed E-state index contributed by atoms with van der Waals surface area (Å²) in [5, 5.41) is 0. The van der Waals surface area contributed by atoms with Gasteiger partial charge >= 0.3 is 0 Å². The number of aromatic nitrogens is 2. The highest BCUT2D eigenvalue weighted by molar-refractivity contribution is 7.71. The van der Waals surface area contributed by atoms with E-state index in [1.54, 1.807) is 7.11 Å². The van der Waals surface area contributed by atoms with Crippen LogP contribution in [0.5, 0.6) is 5.75 Å². The third-order valence-electron chi connectivity index (χ3n) is 3.08. The van der Waals surface area contributed by atoms with Gasteiger partial charge in [-0.1, -0.05) is 13.8 Å². The number of hydrogen-bond donors (Lipinski definition) is 2. The summed E-state index contributed by atoms with van der Waals surface area (Å²) in [6.45, 7) is 6.40. The van der Waals surface area contributed by atoms with E-state index in [1.165, 1.54) is 11.1 Å². The molecule has 0 spiro atoms. The number of aromatic amines is 2. The molecule has 0 saturated heterocycles. The number of rotatable bonds is 3. The SMILES string of the molecule is COc1cc(C)c(-c2c[nH]c(=S)[nH]2)cc1C(C)C. The summed E-state index contributed by atoms with van der Waals surface area (Å²) in [4.78, 5) is 6.15. The predicted octanol–water partition coefficient (Wildman–Crippen LogP) is 4.18. The average Bonchev–Trinajstić information content (AvgIpc) is 2.74. The topological polar surface area (TPSA) is 40.8 Å². The molecule has 1 aromatic heterocycles. The molecule has 1 aromatic carbocycles.